The maximum atomic E-state index is 13.5. The van der Waals surface area contributed by atoms with E-state index in [0.29, 0.717) is 18.7 Å². The summed E-state index contributed by atoms with van der Waals surface area (Å²) in [7, 11) is 1.63. The van der Waals surface area contributed by atoms with E-state index in [-0.39, 0.29) is 11.6 Å². The average molecular weight is 255 g/mol. The third-order valence-electron chi connectivity index (χ3n) is 2.69. The first-order valence-electron chi connectivity index (χ1n) is 5.78. The molecule has 100 valence electrons. The lowest BCUT2D eigenvalue weighted by Crippen LogP contribution is -2.27. The Morgan fingerprint density at radius 3 is 2.89 bits per heavy atom. The van der Waals surface area contributed by atoms with Gasteiger partial charge in [0.05, 0.1) is 5.56 Å². The highest BCUT2D eigenvalue weighted by molar-refractivity contribution is 5.87. The summed E-state index contributed by atoms with van der Waals surface area (Å²) in [4.78, 5) is 10.8. The highest BCUT2D eigenvalue weighted by atomic mass is 19.1. The fraction of sp³-hybridized carbons (Fsp3) is 0.462. The number of halogens is 1. The second-order valence-corrected chi connectivity index (χ2v) is 4.17. The van der Waals surface area contributed by atoms with Crippen LogP contribution in [0.15, 0.2) is 18.2 Å². The first-order chi connectivity index (χ1) is 8.54. The van der Waals surface area contributed by atoms with Crippen LogP contribution < -0.4 is 5.32 Å². The van der Waals surface area contributed by atoms with Gasteiger partial charge < -0.3 is 15.2 Å². The van der Waals surface area contributed by atoms with Crippen LogP contribution in [0.25, 0.3) is 0 Å². The molecular formula is C13H18FNO3. The molecule has 1 atom stereocenters. The van der Waals surface area contributed by atoms with Gasteiger partial charge in [-0.1, -0.05) is 0 Å². The predicted molar refractivity (Wildman–Crippen MR) is 66.2 cm³/mol. The largest absolute Gasteiger partial charge is 0.478 e. The van der Waals surface area contributed by atoms with E-state index in [1.807, 2.05) is 6.92 Å². The highest BCUT2D eigenvalue weighted by Crippen LogP contribution is 2.11. The summed E-state index contributed by atoms with van der Waals surface area (Å²) in [6, 6.07) is 3.97. The molecule has 1 aromatic rings. The van der Waals surface area contributed by atoms with Crippen LogP contribution in [0.2, 0.25) is 0 Å². The van der Waals surface area contributed by atoms with E-state index >= 15 is 0 Å². The lowest BCUT2D eigenvalue weighted by Gasteiger charge is -2.13. The number of rotatable bonds is 7. The first-order valence-corrected chi connectivity index (χ1v) is 5.78. The Morgan fingerprint density at radius 2 is 2.28 bits per heavy atom. The molecule has 0 aliphatic heterocycles. The molecule has 0 aliphatic rings. The van der Waals surface area contributed by atoms with Gasteiger partial charge in [0.1, 0.15) is 5.82 Å². The quantitative estimate of drug-likeness (QED) is 0.782. The van der Waals surface area contributed by atoms with Crippen LogP contribution in [0.4, 0.5) is 4.39 Å². The first kappa shape index (κ1) is 14.6. The molecule has 4 nitrogen and oxygen atoms in total. The number of hydrogen-bond donors (Lipinski definition) is 2. The minimum Gasteiger partial charge on any atom is -0.478 e. The topological polar surface area (TPSA) is 58.6 Å². The van der Waals surface area contributed by atoms with Crippen molar-refractivity contribution in [3.63, 3.8) is 0 Å². The molecular weight excluding hydrogens is 237 g/mol. The van der Waals surface area contributed by atoms with E-state index in [9.17, 15) is 9.18 Å². The van der Waals surface area contributed by atoms with Crippen molar-refractivity contribution in [2.75, 3.05) is 13.7 Å². The van der Waals surface area contributed by atoms with Gasteiger partial charge in [-0.05, 0) is 31.5 Å². The minimum absolute atomic E-state index is 0.0951. The number of hydrogen-bond acceptors (Lipinski definition) is 3. The van der Waals surface area contributed by atoms with Gasteiger partial charge in [0.25, 0.3) is 0 Å². The normalized spacial score (nSPS) is 12.4. The van der Waals surface area contributed by atoms with Crippen molar-refractivity contribution < 1.29 is 19.0 Å². The molecule has 0 spiro atoms. The smallest absolute Gasteiger partial charge is 0.335 e. The van der Waals surface area contributed by atoms with Crippen molar-refractivity contribution in [1.82, 2.24) is 5.32 Å². The van der Waals surface area contributed by atoms with Gasteiger partial charge in [0, 0.05) is 31.9 Å². The van der Waals surface area contributed by atoms with E-state index in [1.165, 1.54) is 18.2 Å². The molecule has 0 fully saturated rings. The number of nitrogens with one attached hydrogen (secondary N) is 1. The summed E-state index contributed by atoms with van der Waals surface area (Å²) in [5, 5.41) is 12.0. The highest BCUT2D eigenvalue weighted by Gasteiger charge is 2.09. The number of carbonyl (C=O) groups is 1. The molecule has 0 saturated heterocycles. The fourth-order valence-electron chi connectivity index (χ4n) is 1.52. The second-order valence-electron chi connectivity index (χ2n) is 4.17. The number of carboxylic acids is 1. The zero-order valence-corrected chi connectivity index (χ0v) is 10.6. The van der Waals surface area contributed by atoms with Gasteiger partial charge in [-0.15, -0.1) is 0 Å². The van der Waals surface area contributed by atoms with E-state index < -0.39 is 11.8 Å². The lowest BCUT2D eigenvalue weighted by molar-refractivity contribution is 0.0696. The molecule has 1 aromatic carbocycles. The molecule has 18 heavy (non-hydrogen) atoms. The van der Waals surface area contributed by atoms with Gasteiger partial charge in [-0.25, -0.2) is 9.18 Å². The molecule has 0 heterocycles. The maximum absolute atomic E-state index is 13.5. The third kappa shape index (κ3) is 4.43. The third-order valence-corrected chi connectivity index (χ3v) is 2.69. The van der Waals surface area contributed by atoms with E-state index in [0.717, 1.165) is 6.42 Å². The van der Waals surface area contributed by atoms with E-state index in [4.69, 9.17) is 9.84 Å². The van der Waals surface area contributed by atoms with Crippen molar-refractivity contribution in [1.29, 1.82) is 0 Å². The maximum Gasteiger partial charge on any atom is 0.335 e. The van der Waals surface area contributed by atoms with Crippen LogP contribution in [-0.2, 0) is 11.3 Å². The predicted octanol–water partition coefficient (Wildman–Crippen LogP) is 2.04. The Bertz CT molecular complexity index is 409. The van der Waals surface area contributed by atoms with Gasteiger partial charge in [-0.3, -0.25) is 0 Å². The molecule has 5 heteroatoms. The number of benzene rings is 1. The van der Waals surface area contributed by atoms with E-state index in [1.54, 1.807) is 7.11 Å². The van der Waals surface area contributed by atoms with Gasteiger partial charge >= 0.3 is 5.97 Å². The number of methoxy groups -OCH3 is 1. The lowest BCUT2D eigenvalue weighted by atomic mass is 10.1. The van der Waals surface area contributed by atoms with Crippen LogP contribution in [0.5, 0.6) is 0 Å². The summed E-state index contributed by atoms with van der Waals surface area (Å²) in [6.45, 7) is 2.90. The van der Waals surface area contributed by atoms with Crippen LogP contribution in [-0.4, -0.2) is 30.8 Å². The molecule has 0 aromatic heterocycles. The Hall–Kier alpha value is -1.46. The molecule has 1 rings (SSSR count). The SMILES string of the molecule is COCCC(C)NCc1cc(C(=O)O)ccc1F. The zero-order chi connectivity index (χ0) is 13.5. The number of aromatic carboxylic acids is 1. The monoisotopic (exact) mass is 255 g/mol. The van der Waals surface area contributed by atoms with E-state index in [2.05, 4.69) is 5.32 Å². The minimum atomic E-state index is -1.05. The standard InChI is InChI=1S/C13H18FNO3/c1-9(5-6-18-2)15-8-11-7-10(13(16)17)3-4-12(11)14/h3-4,7,9,15H,5-6,8H2,1-2H3,(H,16,17). The Morgan fingerprint density at radius 1 is 1.56 bits per heavy atom. The van der Waals surface area contributed by atoms with Gasteiger partial charge in [-0.2, -0.15) is 0 Å². The summed E-state index contributed by atoms with van der Waals surface area (Å²) < 4.78 is 18.4. The molecule has 0 aliphatic carbocycles. The van der Waals surface area contributed by atoms with Gasteiger partial charge in [0.15, 0.2) is 0 Å². The summed E-state index contributed by atoms with van der Waals surface area (Å²) in [6.07, 6.45) is 0.816. The van der Waals surface area contributed by atoms with Gasteiger partial charge in [0.2, 0.25) is 0 Å². The zero-order valence-electron chi connectivity index (χ0n) is 10.6. The van der Waals surface area contributed by atoms with Crippen molar-refractivity contribution in [3.05, 3.63) is 35.1 Å². The number of carboxylic acid groups (broad SMARTS) is 1. The fourth-order valence-corrected chi connectivity index (χ4v) is 1.52. The molecule has 0 saturated carbocycles. The molecule has 1 unspecified atom stereocenters. The van der Waals surface area contributed by atoms with Crippen molar-refractivity contribution in [3.8, 4) is 0 Å². The van der Waals surface area contributed by atoms with Crippen molar-refractivity contribution in [2.24, 2.45) is 0 Å². The van der Waals surface area contributed by atoms with Crippen LogP contribution >= 0.6 is 0 Å². The number of ether oxygens (including phenoxy) is 1. The van der Waals surface area contributed by atoms with Crippen LogP contribution in [0.1, 0.15) is 29.3 Å². The average Bonchev–Trinajstić information content (AvgIpc) is 2.35. The molecule has 2 N–H and O–H groups in total. The Balaban J connectivity index is 2.60. The summed E-state index contributed by atoms with van der Waals surface area (Å²) in [5.74, 6) is -1.45. The molecule has 0 radical (unpaired) electrons. The van der Waals surface area contributed by atoms with Crippen LogP contribution in [0.3, 0.4) is 0 Å². The van der Waals surface area contributed by atoms with Crippen LogP contribution in [0, 0.1) is 5.82 Å². The Labute approximate surface area is 106 Å². The second kappa shape index (κ2) is 7.08. The van der Waals surface area contributed by atoms with Crippen molar-refractivity contribution in [2.45, 2.75) is 25.9 Å². The van der Waals surface area contributed by atoms with Crippen molar-refractivity contribution >= 4 is 5.97 Å². The summed E-state index contributed by atoms with van der Waals surface area (Å²) >= 11 is 0. The Kier molecular flexibility index (Phi) is 5.74. The molecule has 0 bridgehead atoms. The summed E-state index contributed by atoms with van der Waals surface area (Å²) in [5.41, 5.74) is 0.455. The molecule has 0 amide bonds.